The number of halogens is 5. The molecule has 0 saturated heterocycles. The van der Waals surface area contributed by atoms with E-state index >= 15 is 0 Å². The van der Waals surface area contributed by atoms with E-state index in [4.69, 9.17) is 27.6 Å². The van der Waals surface area contributed by atoms with Crippen LogP contribution in [0.4, 0.5) is 13.2 Å². The van der Waals surface area contributed by atoms with Crippen LogP contribution in [-0.2, 0) is 12.7 Å². The van der Waals surface area contributed by atoms with Crippen LogP contribution in [0.1, 0.15) is 27.5 Å². The van der Waals surface area contributed by atoms with Gasteiger partial charge < -0.3 is 8.98 Å². The summed E-state index contributed by atoms with van der Waals surface area (Å²) < 4.78 is 50.1. The van der Waals surface area contributed by atoms with Crippen LogP contribution < -0.4 is 0 Å². The molecule has 9 heteroatoms. The van der Waals surface area contributed by atoms with Crippen LogP contribution in [0, 0.1) is 0 Å². The van der Waals surface area contributed by atoms with Crippen molar-refractivity contribution < 1.29 is 22.4 Å². The minimum atomic E-state index is -4.85. The SMILES string of the molecule is O=C(c1ncc(-c2ccccc2)o1)c1c(C(F)(F)F)n(Cc2ccc(Cl)cc2)c2ccc(Cl)cc12. The molecule has 0 radical (unpaired) electrons. The summed E-state index contributed by atoms with van der Waals surface area (Å²) in [6, 6.07) is 19.6. The van der Waals surface area contributed by atoms with Crippen LogP contribution in [0.15, 0.2) is 83.4 Å². The second-order valence-electron chi connectivity index (χ2n) is 7.82. The second kappa shape index (κ2) is 8.91. The molecule has 0 aliphatic heterocycles. The molecule has 0 N–H and O–H groups in total. The highest BCUT2D eigenvalue weighted by atomic mass is 35.5. The molecule has 4 nitrogen and oxygen atoms in total. The van der Waals surface area contributed by atoms with Gasteiger partial charge in [-0.3, -0.25) is 4.79 Å². The van der Waals surface area contributed by atoms with Gasteiger partial charge in [0.05, 0.1) is 11.8 Å². The summed E-state index contributed by atoms with van der Waals surface area (Å²) in [6.07, 6.45) is -3.53. The minimum Gasteiger partial charge on any atom is -0.433 e. The molecule has 5 aromatic rings. The molecule has 3 aromatic carbocycles. The lowest BCUT2D eigenvalue weighted by atomic mass is 10.1. The number of alkyl halides is 3. The van der Waals surface area contributed by atoms with Gasteiger partial charge in [0.1, 0.15) is 5.69 Å². The van der Waals surface area contributed by atoms with E-state index in [-0.39, 0.29) is 28.2 Å². The first kappa shape index (κ1) is 23.2. The molecule has 2 aromatic heterocycles. The van der Waals surface area contributed by atoms with Crippen LogP contribution in [0.25, 0.3) is 22.2 Å². The van der Waals surface area contributed by atoms with Gasteiger partial charge in [0.15, 0.2) is 5.76 Å². The summed E-state index contributed by atoms with van der Waals surface area (Å²) in [5.74, 6) is -1.16. The maximum absolute atomic E-state index is 14.5. The number of carbonyl (C=O) groups excluding carboxylic acids is 1. The van der Waals surface area contributed by atoms with E-state index in [0.717, 1.165) is 4.57 Å². The number of fused-ring (bicyclic) bond motifs is 1. The van der Waals surface area contributed by atoms with Gasteiger partial charge >= 0.3 is 6.18 Å². The van der Waals surface area contributed by atoms with Crippen molar-refractivity contribution in [2.24, 2.45) is 0 Å². The smallest absolute Gasteiger partial charge is 0.432 e. The van der Waals surface area contributed by atoms with Crippen LogP contribution in [0.2, 0.25) is 10.0 Å². The fourth-order valence-electron chi connectivity index (χ4n) is 4.01. The van der Waals surface area contributed by atoms with Gasteiger partial charge in [0, 0.05) is 33.1 Å². The lowest BCUT2D eigenvalue weighted by molar-refractivity contribution is -0.143. The number of nitrogens with zero attached hydrogens (tertiary/aromatic N) is 2. The lowest BCUT2D eigenvalue weighted by Gasteiger charge is -2.14. The maximum atomic E-state index is 14.5. The fraction of sp³-hybridized carbons (Fsp3) is 0.0769. The van der Waals surface area contributed by atoms with Crippen molar-refractivity contribution >= 4 is 39.9 Å². The van der Waals surface area contributed by atoms with E-state index in [2.05, 4.69) is 4.98 Å². The number of rotatable bonds is 5. The highest BCUT2D eigenvalue weighted by Crippen LogP contribution is 2.40. The molecule has 0 bridgehead atoms. The van der Waals surface area contributed by atoms with E-state index in [1.165, 1.54) is 24.4 Å². The zero-order chi connectivity index (χ0) is 24.7. The molecule has 0 atom stereocenters. The summed E-state index contributed by atoms with van der Waals surface area (Å²) in [6.45, 7) is -0.141. The summed E-state index contributed by atoms with van der Waals surface area (Å²) in [5.41, 5.74) is -0.244. The Hall–Kier alpha value is -3.55. The number of carbonyl (C=O) groups is 1. The Bertz CT molecular complexity index is 1540. The topological polar surface area (TPSA) is 48.0 Å². The van der Waals surface area contributed by atoms with Gasteiger partial charge in [0.2, 0.25) is 0 Å². The lowest BCUT2D eigenvalue weighted by Crippen LogP contribution is -2.18. The molecule has 35 heavy (non-hydrogen) atoms. The predicted molar refractivity (Wildman–Crippen MR) is 128 cm³/mol. The Morgan fingerprint density at radius 2 is 1.63 bits per heavy atom. The predicted octanol–water partition coefficient (Wildman–Crippen LogP) is 7.90. The monoisotopic (exact) mass is 514 g/mol. The molecule has 0 fully saturated rings. The maximum Gasteiger partial charge on any atom is 0.432 e. The Balaban J connectivity index is 1.70. The van der Waals surface area contributed by atoms with Gasteiger partial charge in [-0.05, 0) is 35.9 Å². The molecule has 0 amide bonds. The standard InChI is InChI=1S/C26H15Cl2F3N2O2/c27-17-8-6-15(7-9-17)14-33-20-11-10-18(28)12-19(20)22(24(33)26(29,30)31)23(34)25-32-13-21(35-25)16-4-2-1-3-5-16/h1-13H,14H2. The van der Waals surface area contributed by atoms with E-state index < -0.39 is 29.1 Å². The van der Waals surface area contributed by atoms with E-state index in [1.807, 2.05) is 0 Å². The van der Waals surface area contributed by atoms with Gasteiger partial charge in [-0.15, -0.1) is 0 Å². The van der Waals surface area contributed by atoms with Crippen molar-refractivity contribution in [3.8, 4) is 11.3 Å². The summed E-state index contributed by atoms with van der Waals surface area (Å²) in [5, 5.41) is 0.715. The first-order valence-electron chi connectivity index (χ1n) is 10.4. The van der Waals surface area contributed by atoms with Crippen molar-refractivity contribution in [2.45, 2.75) is 12.7 Å². The van der Waals surface area contributed by atoms with Gasteiger partial charge in [-0.2, -0.15) is 13.2 Å². The van der Waals surface area contributed by atoms with E-state index in [0.29, 0.717) is 16.1 Å². The molecule has 0 unspecified atom stereocenters. The molecule has 5 rings (SSSR count). The first-order valence-corrected chi connectivity index (χ1v) is 11.2. The van der Waals surface area contributed by atoms with Crippen LogP contribution >= 0.6 is 23.2 Å². The van der Waals surface area contributed by atoms with Crippen LogP contribution in [0.5, 0.6) is 0 Å². The third-order valence-electron chi connectivity index (χ3n) is 5.53. The van der Waals surface area contributed by atoms with Gasteiger partial charge in [-0.1, -0.05) is 65.7 Å². The van der Waals surface area contributed by atoms with Crippen LogP contribution in [0.3, 0.4) is 0 Å². The normalized spacial score (nSPS) is 11.8. The summed E-state index contributed by atoms with van der Waals surface area (Å²) >= 11 is 12.1. The highest BCUT2D eigenvalue weighted by Gasteiger charge is 2.42. The Kier molecular flexibility index (Phi) is 5.91. The largest absolute Gasteiger partial charge is 0.433 e. The van der Waals surface area contributed by atoms with Crippen LogP contribution in [-0.4, -0.2) is 15.3 Å². The molecule has 176 valence electrons. The fourth-order valence-corrected chi connectivity index (χ4v) is 4.31. The second-order valence-corrected chi connectivity index (χ2v) is 8.69. The number of oxazole rings is 1. The van der Waals surface area contributed by atoms with Crippen molar-refractivity contribution in [1.29, 1.82) is 0 Å². The summed E-state index contributed by atoms with van der Waals surface area (Å²) in [4.78, 5) is 17.4. The molecular weight excluding hydrogens is 500 g/mol. The molecule has 2 heterocycles. The minimum absolute atomic E-state index is 0.0586. The van der Waals surface area contributed by atoms with Gasteiger partial charge in [-0.25, -0.2) is 4.98 Å². The molecule has 0 aliphatic carbocycles. The van der Waals surface area contributed by atoms with Crippen molar-refractivity contribution in [3.63, 3.8) is 0 Å². The molecular formula is C26H15Cl2F3N2O2. The zero-order valence-corrected chi connectivity index (χ0v) is 19.3. The zero-order valence-electron chi connectivity index (χ0n) is 17.8. The highest BCUT2D eigenvalue weighted by molar-refractivity contribution is 6.32. The van der Waals surface area contributed by atoms with E-state index in [9.17, 15) is 18.0 Å². The number of benzene rings is 3. The third kappa shape index (κ3) is 4.45. The average molecular weight is 515 g/mol. The molecule has 0 saturated carbocycles. The average Bonchev–Trinajstić information content (AvgIpc) is 3.44. The Morgan fingerprint density at radius 3 is 2.31 bits per heavy atom. The number of hydrogen-bond donors (Lipinski definition) is 0. The summed E-state index contributed by atoms with van der Waals surface area (Å²) in [7, 11) is 0. The Morgan fingerprint density at radius 1 is 0.943 bits per heavy atom. The van der Waals surface area contributed by atoms with Crippen molar-refractivity contribution in [3.05, 3.63) is 112 Å². The Labute approximate surface area is 207 Å². The molecule has 0 spiro atoms. The number of aromatic nitrogens is 2. The van der Waals surface area contributed by atoms with E-state index in [1.54, 1.807) is 54.6 Å². The van der Waals surface area contributed by atoms with Crippen molar-refractivity contribution in [2.75, 3.05) is 0 Å². The third-order valence-corrected chi connectivity index (χ3v) is 6.02. The van der Waals surface area contributed by atoms with Gasteiger partial charge in [0.25, 0.3) is 11.7 Å². The van der Waals surface area contributed by atoms with Crippen molar-refractivity contribution in [1.82, 2.24) is 9.55 Å². The quantitative estimate of drug-likeness (QED) is 0.224. The number of hydrogen-bond acceptors (Lipinski definition) is 3. The number of ketones is 1. The first-order chi connectivity index (χ1) is 16.7. The molecule has 0 aliphatic rings.